The Bertz CT molecular complexity index is 3570. The normalized spacial score (nSPS) is 13.6. The summed E-state index contributed by atoms with van der Waals surface area (Å²) in [5, 5.41) is 2.34. The highest BCUT2D eigenvalue weighted by Crippen LogP contribution is 2.63. The Balaban J connectivity index is 1.03. The first-order valence-corrected chi connectivity index (χ1v) is 22.7. The van der Waals surface area contributed by atoms with Gasteiger partial charge in [0, 0.05) is 16.3 Å². The lowest BCUT2D eigenvalue weighted by atomic mass is 9.70. The summed E-state index contributed by atoms with van der Waals surface area (Å²) in [5.74, 6) is 1.91. The van der Waals surface area contributed by atoms with Crippen molar-refractivity contribution < 1.29 is 0 Å². The average Bonchev–Trinajstić information content (AvgIpc) is 3.94. The Labute approximate surface area is 380 Å². The number of benzene rings is 8. The van der Waals surface area contributed by atoms with Gasteiger partial charge < -0.3 is 0 Å². The number of hydrogen-bond donors (Lipinski definition) is 0. The lowest BCUT2D eigenvalue weighted by molar-refractivity contribution is 0.590. The van der Waals surface area contributed by atoms with E-state index in [2.05, 4.69) is 221 Å². The summed E-state index contributed by atoms with van der Waals surface area (Å²) in [4.78, 5) is 15.5. The van der Waals surface area contributed by atoms with Gasteiger partial charge in [-0.2, -0.15) is 9.97 Å². The molecule has 2 aliphatic rings. The maximum atomic E-state index is 5.36. The third-order valence-electron chi connectivity index (χ3n) is 14.1. The van der Waals surface area contributed by atoms with Crippen molar-refractivity contribution in [2.24, 2.45) is 0 Å². The first-order valence-electron chi connectivity index (χ1n) is 22.7. The molecule has 10 aromatic rings. The minimum Gasteiger partial charge on any atom is -0.278 e. The second kappa shape index (κ2) is 14.4. The molecule has 2 heterocycles. The van der Waals surface area contributed by atoms with Crippen LogP contribution in [0.25, 0.3) is 89.2 Å². The number of para-hydroxylation sites is 1. The zero-order valence-electron chi connectivity index (χ0n) is 37.6. The minimum atomic E-state index is -0.465. The number of aromatic nitrogens is 4. The van der Waals surface area contributed by atoms with Crippen LogP contribution in [-0.2, 0) is 10.8 Å². The van der Waals surface area contributed by atoms with Gasteiger partial charge in [-0.1, -0.05) is 160 Å². The van der Waals surface area contributed by atoms with Gasteiger partial charge in [-0.05, 0) is 152 Å². The van der Waals surface area contributed by atoms with E-state index < -0.39 is 5.41 Å². The molecule has 4 heteroatoms. The molecule has 12 rings (SSSR count). The van der Waals surface area contributed by atoms with Gasteiger partial charge in [-0.3, -0.25) is 4.57 Å². The van der Waals surface area contributed by atoms with Crippen molar-refractivity contribution in [3.05, 3.63) is 221 Å². The summed E-state index contributed by atoms with van der Waals surface area (Å²) in [6.45, 7) is 13.0. The van der Waals surface area contributed by atoms with Crippen LogP contribution < -0.4 is 0 Å². The Hall–Kier alpha value is -7.69. The van der Waals surface area contributed by atoms with Crippen LogP contribution in [0.5, 0.6) is 0 Å². The summed E-state index contributed by atoms with van der Waals surface area (Å²) in [6.07, 6.45) is 2.18. The van der Waals surface area contributed by atoms with Gasteiger partial charge in [0.15, 0.2) is 5.82 Å². The van der Waals surface area contributed by atoms with Crippen LogP contribution in [0.3, 0.4) is 0 Å². The maximum absolute atomic E-state index is 5.36. The Kier molecular flexibility index (Phi) is 8.64. The topological polar surface area (TPSA) is 43.6 Å². The second-order valence-corrected chi connectivity index (χ2v) is 18.8. The second-order valence-electron chi connectivity index (χ2n) is 18.8. The fourth-order valence-electron chi connectivity index (χ4n) is 10.8. The van der Waals surface area contributed by atoms with Crippen LogP contribution in [0, 0.1) is 6.92 Å². The summed E-state index contributed by atoms with van der Waals surface area (Å²) in [7, 11) is 0. The summed E-state index contributed by atoms with van der Waals surface area (Å²) < 4.78 is 2.26. The van der Waals surface area contributed by atoms with E-state index in [0.717, 1.165) is 33.1 Å². The number of hydrogen-bond acceptors (Lipinski definition) is 3. The van der Waals surface area contributed by atoms with E-state index in [4.69, 9.17) is 15.0 Å². The van der Waals surface area contributed by atoms with Gasteiger partial charge in [-0.25, -0.2) is 4.98 Å². The van der Waals surface area contributed by atoms with Crippen LogP contribution in [0.2, 0.25) is 0 Å². The van der Waals surface area contributed by atoms with Crippen molar-refractivity contribution in [2.75, 3.05) is 0 Å². The standard InChI is InChI=1S/C61H48N4/c1-7-37(2)42-32-43(39-27-29-45(30-28-39)60(4,5)6)34-44(33-42)40-17-16-18-41(31-40)58-62-38(3)63-59(64-58)65-56-26-15-11-22-49(56)51-35-50-48-21-10-14-25-54(48)61(55(50)36-57(51)65)52-23-12-8-19-46(52)47-20-9-13-24-53(47)61/h7-36H,1-6H3. The summed E-state index contributed by atoms with van der Waals surface area (Å²) in [6, 6.07) is 65.1. The molecule has 0 bridgehead atoms. The van der Waals surface area contributed by atoms with Gasteiger partial charge in [0.25, 0.3) is 0 Å². The largest absolute Gasteiger partial charge is 0.278 e. The van der Waals surface area contributed by atoms with Crippen LogP contribution in [0.15, 0.2) is 182 Å². The molecule has 0 saturated carbocycles. The van der Waals surface area contributed by atoms with Crippen molar-refractivity contribution in [3.8, 4) is 61.8 Å². The fraction of sp³-hybridized carbons (Fsp3) is 0.131. The SMILES string of the molecule is CC=C(C)c1cc(-c2ccc(C(C)(C)C)cc2)cc(-c2cccc(-c3nc(C)nc(-n4c5ccccc5c5cc6c(cc54)C4(c5ccccc5-c5ccccc54)c4ccccc4-6)n3)c2)c1. The highest BCUT2D eigenvalue weighted by molar-refractivity contribution is 6.12. The van der Waals surface area contributed by atoms with Crippen LogP contribution >= 0.6 is 0 Å². The van der Waals surface area contributed by atoms with Gasteiger partial charge in [-0.15, -0.1) is 0 Å². The lowest BCUT2D eigenvalue weighted by Gasteiger charge is -2.30. The van der Waals surface area contributed by atoms with Gasteiger partial charge in [0.05, 0.1) is 16.4 Å². The molecule has 0 saturated heterocycles. The first kappa shape index (κ1) is 38.9. The van der Waals surface area contributed by atoms with E-state index in [0.29, 0.717) is 17.6 Å². The van der Waals surface area contributed by atoms with Crippen LogP contribution in [0.1, 0.15) is 73.8 Å². The molecule has 0 radical (unpaired) electrons. The van der Waals surface area contributed by atoms with Gasteiger partial charge in [0.1, 0.15) is 5.82 Å². The molecule has 0 atom stereocenters. The Morgan fingerprint density at radius 3 is 1.74 bits per heavy atom. The van der Waals surface area contributed by atoms with E-state index in [-0.39, 0.29) is 5.41 Å². The molecule has 65 heavy (non-hydrogen) atoms. The highest BCUT2D eigenvalue weighted by Gasteiger charge is 2.51. The first-order chi connectivity index (χ1) is 31.6. The monoisotopic (exact) mass is 836 g/mol. The lowest BCUT2D eigenvalue weighted by Crippen LogP contribution is -2.25. The predicted octanol–water partition coefficient (Wildman–Crippen LogP) is 15.3. The molecule has 1 spiro atoms. The summed E-state index contributed by atoms with van der Waals surface area (Å²) >= 11 is 0. The zero-order valence-corrected chi connectivity index (χ0v) is 37.6. The third-order valence-corrected chi connectivity index (χ3v) is 14.1. The van der Waals surface area contributed by atoms with E-state index >= 15 is 0 Å². The van der Waals surface area contributed by atoms with E-state index in [9.17, 15) is 0 Å². The Morgan fingerprint density at radius 2 is 1.08 bits per heavy atom. The molecule has 2 aromatic heterocycles. The molecule has 0 N–H and O–H groups in total. The fourth-order valence-corrected chi connectivity index (χ4v) is 10.8. The molecule has 0 aliphatic heterocycles. The zero-order chi connectivity index (χ0) is 44.2. The number of allylic oxidation sites excluding steroid dienone is 2. The van der Waals surface area contributed by atoms with Crippen molar-refractivity contribution in [2.45, 2.75) is 52.4 Å². The molecule has 0 amide bonds. The smallest absolute Gasteiger partial charge is 0.238 e. The van der Waals surface area contributed by atoms with Crippen molar-refractivity contribution in [1.29, 1.82) is 0 Å². The van der Waals surface area contributed by atoms with Crippen molar-refractivity contribution >= 4 is 27.4 Å². The Morgan fingerprint density at radius 1 is 0.492 bits per heavy atom. The number of nitrogens with zero attached hydrogens (tertiary/aromatic N) is 4. The van der Waals surface area contributed by atoms with E-state index in [1.807, 2.05) is 6.92 Å². The van der Waals surface area contributed by atoms with Gasteiger partial charge in [0.2, 0.25) is 5.95 Å². The van der Waals surface area contributed by atoms with E-state index in [1.165, 1.54) is 77.7 Å². The minimum absolute atomic E-state index is 0.0904. The average molecular weight is 837 g/mol. The number of aryl methyl sites for hydroxylation is 1. The summed E-state index contributed by atoms with van der Waals surface area (Å²) in [5.41, 5.74) is 21.5. The highest BCUT2D eigenvalue weighted by atomic mass is 15.2. The molecular weight excluding hydrogens is 789 g/mol. The molecule has 8 aromatic carbocycles. The van der Waals surface area contributed by atoms with Crippen molar-refractivity contribution in [3.63, 3.8) is 0 Å². The third kappa shape index (κ3) is 5.86. The van der Waals surface area contributed by atoms with Crippen LogP contribution in [-0.4, -0.2) is 19.5 Å². The quantitative estimate of drug-likeness (QED) is 0.173. The molecule has 312 valence electrons. The van der Waals surface area contributed by atoms with Gasteiger partial charge >= 0.3 is 0 Å². The molecular formula is C61H48N4. The molecule has 4 nitrogen and oxygen atoms in total. The van der Waals surface area contributed by atoms with E-state index in [1.54, 1.807) is 0 Å². The predicted molar refractivity (Wildman–Crippen MR) is 270 cm³/mol. The van der Waals surface area contributed by atoms with Crippen LogP contribution in [0.4, 0.5) is 0 Å². The number of fused-ring (bicyclic) bond motifs is 13. The van der Waals surface area contributed by atoms with Crippen molar-refractivity contribution in [1.82, 2.24) is 19.5 Å². The molecule has 2 aliphatic carbocycles. The maximum Gasteiger partial charge on any atom is 0.238 e. The molecule has 0 unspecified atom stereocenters. The number of rotatable bonds is 5. The molecule has 0 fully saturated rings.